The predicted octanol–water partition coefficient (Wildman–Crippen LogP) is 6.12. The number of unbranched alkanes of at least 4 members (excludes halogenated alkanes) is 7. The Bertz CT molecular complexity index is 978. The van der Waals surface area contributed by atoms with Crippen molar-refractivity contribution in [1.82, 2.24) is 4.90 Å². The second kappa shape index (κ2) is 11.4. The van der Waals surface area contributed by atoms with Crippen LogP contribution in [0.2, 0.25) is 0 Å². The van der Waals surface area contributed by atoms with E-state index in [1.54, 1.807) is 18.2 Å². The Hall–Kier alpha value is -3.21. The van der Waals surface area contributed by atoms with Gasteiger partial charge in [-0.2, -0.15) is 0 Å². The number of carbonyl (C=O) groups excluding carboxylic acids is 3. The lowest BCUT2D eigenvalue weighted by atomic mass is 10.1. The minimum atomic E-state index is -0.552. The summed E-state index contributed by atoms with van der Waals surface area (Å²) in [5.74, 6) is -0.735. The molecule has 0 bridgehead atoms. The van der Waals surface area contributed by atoms with E-state index in [1.807, 2.05) is 25.1 Å². The lowest BCUT2D eigenvalue weighted by Gasteiger charge is -2.13. The van der Waals surface area contributed by atoms with E-state index in [0.717, 1.165) is 31.2 Å². The van der Waals surface area contributed by atoms with Gasteiger partial charge in [-0.05, 0) is 56.5 Å². The number of ether oxygens (including phenoxy) is 1. The maximum Gasteiger partial charge on any atom is 0.343 e. The number of rotatable bonds is 12. The highest BCUT2D eigenvalue weighted by molar-refractivity contribution is 6.22. The molecule has 0 fully saturated rings. The fraction of sp³-hybridized carbons (Fsp3) is 0.370. The normalized spacial score (nSPS) is 12.7. The van der Waals surface area contributed by atoms with Crippen molar-refractivity contribution in [2.75, 3.05) is 6.54 Å². The summed E-state index contributed by atoms with van der Waals surface area (Å²) in [6.07, 6.45) is 10.7. The van der Waals surface area contributed by atoms with Crippen molar-refractivity contribution in [3.8, 4) is 5.75 Å². The zero-order chi connectivity index (χ0) is 22.9. The molecule has 0 atom stereocenters. The van der Waals surface area contributed by atoms with E-state index < -0.39 is 5.97 Å². The molecule has 0 spiro atoms. The summed E-state index contributed by atoms with van der Waals surface area (Å²) >= 11 is 0. The van der Waals surface area contributed by atoms with Gasteiger partial charge in [0.05, 0.1) is 16.7 Å². The molecule has 0 aliphatic carbocycles. The van der Waals surface area contributed by atoms with Gasteiger partial charge in [0, 0.05) is 6.54 Å². The quantitative estimate of drug-likeness (QED) is 0.133. The maximum atomic E-state index is 12.8. The number of esters is 1. The fourth-order valence-corrected chi connectivity index (χ4v) is 3.84. The van der Waals surface area contributed by atoms with Crippen LogP contribution < -0.4 is 4.74 Å². The van der Waals surface area contributed by atoms with Crippen LogP contribution in [0.1, 0.15) is 88.0 Å². The van der Waals surface area contributed by atoms with Crippen LogP contribution in [-0.4, -0.2) is 29.2 Å². The Morgan fingerprint density at radius 1 is 0.875 bits per heavy atom. The number of hydrogen-bond acceptors (Lipinski definition) is 4. The second-order valence-corrected chi connectivity index (χ2v) is 8.28. The zero-order valence-corrected chi connectivity index (χ0v) is 18.8. The Kier molecular flexibility index (Phi) is 8.37. The molecule has 0 saturated heterocycles. The standard InChI is InChI=1S/C27H31NO4/c1-3-4-5-6-7-8-9-10-11-18-28-25(29)23-17-14-21(19-24(23)26(28)30)27(31)32-22-15-12-20(2)13-16-22/h3,12-17,19H,1,4-11,18H2,2H3. The van der Waals surface area contributed by atoms with Gasteiger partial charge in [-0.3, -0.25) is 14.5 Å². The van der Waals surface area contributed by atoms with E-state index in [2.05, 4.69) is 6.58 Å². The monoisotopic (exact) mass is 433 g/mol. The Labute approximate surface area is 190 Å². The van der Waals surface area contributed by atoms with Crippen LogP contribution in [-0.2, 0) is 0 Å². The van der Waals surface area contributed by atoms with Gasteiger partial charge in [-0.15, -0.1) is 6.58 Å². The molecule has 0 radical (unpaired) electrons. The minimum absolute atomic E-state index is 0.253. The lowest BCUT2D eigenvalue weighted by Crippen LogP contribution is -2.30. The highest BCUT2D eigenvalue weighted by atomic mass is 16.5. The smallest absolute Gasteiger partial charge is 0.343 e. The molecular weight excluding hydrogens is 402 g/mol. The third-order valence-corrected chi connectivity index (χ3v) is 5.73. The maximum absolute atomic E-state index is 12.8. The molecule has 1 aliphatic rings. The van der Waals surface area contributed by atoms with Gasteiger partial charge >= 0.3 is 5.97 Å². The summed E-state index contributed by atoms with van der Waals surface area (Å²) in [5.41, 5.74) is 1.94. The van der Waals surface area contributed by atoms with Gasteiger partial charge in [0.2, 0.25) is 0 Å². The van der Waals surface area contributed by atoms with Gasteiger partial charge in [0.1, 0.15) is 5.75 Å². The van der Waals surface area contributed by atoms with Gasteiger partial charge in [-0.1, -0.05) is 55.9 Å². The molecule has 0 unspecified atom stereocenters. The van der Waals surface area contributed by atoms with Crippen LogP contribution in [0.4, 0.5) is 0 Å². The number of imide groups is 1. The van der Waals surface area contributed by atoms with Crippen molar-refractivity contribution in [3.05, 3.63) is 77.4 Å². The Morgan fingerprint density at radius 3 is 2.19 bits per heavy atom. The van der Waals surface area contributed by atoms with Crippen molar-refractivity contribution in [2.45, 2.75) is 58.3 Å². The summed E-state index contributed by atoms with van der Waals surface area (Å²) in [6.45, 7) is 6.09. The first kappa shape index (κ1) is 23.5. The highest BCUT2D eigenvalue weighted by Crippen LogP contribution is 2.25. The molecule has 0 N–H and O–H groups in total. The molecule has 168 valence electrons. The third kappa shape index (κ3) is 5.94. The first-order valence-corrected chi connectivity index (χ1v) is 11.4. The van der Waals surface area contributed by atoms with Gasteiger partial charge in [-0.25, -0.2) is 4.79 Å². The molecule has 32 heavy (non-hydrogen) atoms. The average molecular weight is 434 g/mol. The van der Waals surface area contributed by atoms with Gasteiger partial charge in [0.25, 0.3) is 11.8 Å². The van der Waals surface area contributed by atoms with Crippen molar-refractivity contribution in [3.63, 3.8) is 0 Å². The molecule has 0 aromatic heterocycles. The van der Waals surface area contributed by atoms with Crippen LogP contribution in [0.25, 0.3) is 0 Å². The van der Waals surface area contributed by atoms with Crippen LogP contribution in [0.15, 0.2) is 55.1 Å². The summed E-state index contributed by atoms with van der Waals surface area (Å²) in [5, 5.41) is 0. The molecule has 5 heteroatoms. The highest BCUT2D eigenvalue weighted by Gasteiger charge is 2.35. The van der Waals surface area contributed by atoms with E-state index in [-0.39, 0.29) is 22.9 Å². The molecule has 3 rings (SSSR count). The van der Waals surface area contributed by atoms with E-state index in [9.17, 15) is 14.4 Å². The number of amides is 2. The second-order valence-electron chi connectivity index (χ2n) is 8.28. The predicted molar refractivity (Wildman–Crippen MR) is 125 cm³/mol. The molecule has 1 heterocycles. The van der Waals surface area contributed by atoms with Gasteiger partial charge < -0.3 is 4.74 Å². The topological polar surface area (TPSA) is 63.7 Å². The number of allylic oxidation sites excluding steroid dienone is 1. The molecule has 2 amide bonds. The summed E-state index contributed by atoms with van der Waals surface area (Å²) in [6, 6.07) is 11.7. The summed E-state index contributed by atoms with van der Waals surface area (Å²) in [4.78, 5) is 39.2. The molecule has 1 aliphatic heterocycles. The Balaban J connectivity index is 1.51. The summed E-state index contributed by atoms with van der Waals surface area (Å²) in [7, 11) is 0. The minimum Gasteiger partial charge on any atom is -0.423 e. The third-order valence-electron chi connectivity index (χ3n) is 5.73. The van der Waals surface area contributed by atoms with E-state index in [0.29, 0.717) is 17.9 Å². The molecule has 2 aromatic carbocycles. The number of fused-ring (bicyclic) bond motifs is 1. The summed E-state index contributed by atoms with van der Waals surface area (Å²) < 4.78 is 5.38. The molecule has 0 saturated carbocycles. The lowest BCUT2D eigenvalue weighted by molar-refractivity contribution is 0.0650. The van der Waals surface area contributed by atoms with Crippen LogP contribution in [0.3, 0.4) is 0 Å². The number of nitrogens with zero attached hydrogens (tertiary/aromatic N) is 1. The molecule has 2 aromatic rings. The molecular formula is C27H31NO4. The SMILES string of the molecule is C=CCCCCCCCCCN1C(=O)c2ccc(C(=O)Oc3ccc(C)cc3)cc2C1=O. The number of hydrogen-bond donors (Lipinski definition) is 0. The number of carbonyl (C=O) groups is 3. The van der Waals surface area contributed by atoms with Crippen molar-refractivity contribution in [1.29, 1.82) is 0 Å². The van der Waals surface area contributed by atoms with E-state index >= 15 is 0 Å². The largest absolute Gasteiger partial charge is 0.423 e. The van der Waals surface area contributed by atoms with Crippen LogP contribution >= 0.6 is 0 Å². The number of benzene rings is 2. The van der Waals surface area contributed by atoms with E-state index in [1.165, 1.54) is 42.7 Å². The van der Waals surface area contributed by atoms with Crippen molar-refractivity contribution < 1.29 is 19.1 Å². The molecule has 5 nitrogen and oxygen atoms in total. The van der Waals surface area contributed by atoms with Gasteiger partial charge in [0.15, 0.2) is 0 Å². The first-order valence-electron chi connectivity index (χ1n) is 11.4. The fourth-order valence-electron chi connectivity index (χ4n) is 3.84. The van der Waals surface area contributed by atoms with Crippen LogP contribution in [0, 0.1) is 6.92 Å². The van der Waals surface area contributed by atoms with Crippen LogP contribution in [0.5, 0.6) is 5.75 Å². The van der Waals surface area contributed by atoms with E-state index in [4.69, 9.17) is 4.74 Å². The van der Waals surface area contributed by atoms with Crippen molar-refractivity contribution in [2.24, 2.45) is 0 Å². The number of aryl methyl sites for hydroxylation is 1. The zero-order valence-electron chi connectivity index (χ0n) is 18.8. The van der Waals surface area contributed by atoms with Crippen molar-refractivity contribution >= 4 is 17.8 Å². The first-order chi connectivity index (χ1) is 15.5. The average Bonchev–Trinajstić information content (AvgIpc) is 3.03. The Morgan fingerprint density at radius 2 is 1.50 bits per heavy atom.